The molecule has 0 saturated carbocycles. The molecule has 3 rings (SSSR count). The lowest BCUT2D eigenvalue weighted by Crippen LogP contribution is -2.51. The van der Waals surface area contributed by atoms with Crippen molar-refractivity contribution in [2.75, 3.05) is 20.2 Å². The average Bonchev–Trinajstić information content (AvgIpc) is 2.68. The summed E-state index contributed by atoms with van der Waals surface area (Å²) in [7, 11) is 1.95. The maximum absolute atomic E-state index is 12.7. The number of fused-ring (bicyclic) bond motifs is 1. The Bertz CT molecular complexity index is 493. The molecule has 7 nitrogen and oxygen atoms in total. The fourth-order valence-electron chi connectivity index (χ4n) is 2.81. The number of likely N-dealkylation sites (N-methyl/N-ethyl adjacent to an activating group) is 1. The van der Waals surface area contributed by atoms with Gasteiger partial charge in [0, 0.05) is 6.54 Å². The van der Waals surface area contributed by atoms with Gasteiger partial charge >= 0.3 is 0 Å². The standard InChI is InChI=1S/C13H21N5O2/c1-10-14-15-12-9-16(2)11(8-17(10)12)13(19)18-6-4-3-5-7-20-18/h11H,3-9H2,1-2H3. The van der Waals surface area contributed by atoms with Crippen LogP contribution in [0.25, 0.3) is 0 Å². The largest absolute Gasteiger partial charge is 0.312 e. The molecular formula is C13H21N5O2. The van der Waals surface area contributed by atoms with Gasteiger partial charge < -0.3 is 4.57 Å². The van der Waals surface area contributed by atoms with Crippen LogP contribution in [0.2, 0.25) is 0 Å². The third kappa shape index (κ3) is 2.43. The summed E-state index contributed by atoms with van der Waals surface area (Å²) in [5.74, 6) is 1.83. The van der Waals surface area contributed by atoms with Crippen molar-refractivity contribution >= 4 is 5.91 Å². The van der Waals surface area contributed by atoms with E-state index in [-0.39, 0.29) is 11.9 Å². The zero-order chi connectivity index (χ0) is 14.1. The number of hydroxylamine groups is 2. The van der Waals surface area contributed by atoms with E-state index in [0.29, 0.717) is 26.2 Å². The van der Waals surface area contributed by atoms with Crippen LogP contribution in [0.1, 0.15) is 30.9 Å². The zero-order valence-corrected chi connectivity index (χ0v) is 12.1. The Morgan fingerprint density at radius 1 is 1.30 bits per heavy atom. The van der Waals surface area contributed by atoms with Crippen LogP contribution in [0.5, 0.6) is 0 Å². The second kappa shape index (κ2) is 5.49. The molecule has 0 aromatic carbocycles. The van der Waals surface area contributed by atoms with Crippen molar-refractivity contribution in [2.24, 2.45) is 0 Å². The number of aryl methyl sites for hydroxylation is 1. The van der Waals surface area contributed by atoms with Crippen LogP contribution in [0.3, 0.4) is 0 Å². The molecule has 1 aromatic rings. The quantitative estimate of drug-likeness (QED) is 0.742. The third-order valence-corrected chi connectivity index (χ3v) is 4.07. The first kappa shape index (κ1) is 13.5. The molecule has 1 unspecified atom stereocenters. The molecule has 0 bridgehead atoms. The van der Waals surface area contributed by atoms with E-state index in [4.69, 9.17) is 4.84 Å². The van der Waals surface area contributed by atoms with Crippen LogP contribution in [-0.4, -0.2) is 56.9 Å². The Labute approximate surface area is 118 Å². The van der Waals surface area contributed by atoms with Crippen molar-refractivity contribution in [1.82, 2.24) is 24.7 Å². The summed E-state index contributed by atoms with van der Waals surface area (Å²) in [6.07, 6.45) is 3.16. The highest BCUT2D eigenvalue weighted by Crippen LogP contribution is 2.19. The van der Waals surface area contributed by atoms with Gasteiger partial charge in [-0.3, -0.25) is 14.5 Å². The molecule has 3 heterocycles. The van der Waals surface area contributed by atoms with Crippen molar-refractivity contribution < 1.29 is 9.63 Å². The Morgan fingerprint density at radius 2 is 2.15 bits per heavy atom. The van der Waals surface area contributed by atoms with E-state index in [1.165, 1.54) is 0 Å². The van der Waals surface area contributed by atoms with Gasteiger partial charge in [0.25, 0.3) is 5.91 Å². The molecule has 0 spiro atoms. The van der Waals surface area contributed by atoms with E-state index >= 15 is 0 Å². The van der Waals surface area contributed by atoms with Gasteiger partial charge in [-0.05, 0) is 33.2 Å². The second-order valence-corrected chi connectivity index (χ2v) is 5.54. The van der Waals surface area contributed by atoms with E-state index in [9.17, 15) is 4.79 Å². The minimum Gasteiger partial charge on any atom is -0.312 e. The summed E-state index contributed by atoms with van der Waals surface area (Å²) in [5, 5.41) is 9.78. The first-order valence-electron chi connectivity index (χ1n) is 7.20. The lowest BCUT2D eigenvalue weighted by atomic mass is 10.1. The highest BCUT2D eigenvalue weighted by atomic mass is 16.7. The van der Waals surface area contributed by atoms with Gasteiger partial charge in [-0.2, -0.15) is 0 Å². The summed E-state index contributed by atoms with van der Waals surface area (Å²) in [6.45, 7) is 4.50. The van der Waals surface area contributed by atoms with Gasteiger partial charge in [0.1, 0.15) is 17.7 Å². The molecule has 2 aliphatic rings. The predicted octanol–water partition coefficient (Wildman–Crippen LogP) is 0.345. The molecule has 1 atom stereocenters. The molecule has 0 radical (unpaired) electrons. The molecular weight excluding hydrogens is 258 g/mol. The van der Waals surface area contributed by atoms with E-state index in [1.807, 2.05) is 23.4 Å². The number of aromatic nitrogens is 3. The highest BCUT2D eigenvalue weighted by Gasteiger charge is 2.34. The molecule has 1 fully saturated rings. The fraction of sp³-hybridized carbons (Fsp3) is 0.769. The normalized spacial score (nSPS) is 24.3. The monoisotopic (exact) mass is 279 g/mol. The van der Waals surface area contributed by atoms with Crippen LogP contribution in [0, 0.1) is 6.92 Å². The van der Waals surface area contributed by atoms with Crippen LogP contribution in [0.4, 0.5) is 0 Å². The number of carbonyl (C=O) groups excluding carboxylic acids is 1. The van der Waals surface area contributed by atoms with Crippen molar-refractivity contribution in [3.05, 3.63) is 11.6 Å². The number of rotatable bonds is 1. The Balaban J connectivity index is 1.76. The van der Waals surface area contributed by atoms with Crippen molar-refractivity contribution in [2.45, 2.75) is 45.3 Å². The maximum atomic E-state index is 12.7. The van der Waals surface area contributed by atoms with Crippen molar-refractivity contribution in [3.8, 4) is 0 Å². The lowest BCUT2D eigenvalue weighted by Gasteiger charge is -2.34. The third-order valence-electron chi connectivity index (χ3n) is 4.07. The molecule has 0 N–H and O–H groups in total. The number of amides is 1. The van der Waals surface area contributed by atoms with Crippen molar-refractivity contribution in [1.29, 1.82) is 0 Å². The van der Waals surface area contributed by atoms with Crippen molar-refractivity contribution in [3.63, 3.8) is 0 Å². The predicted molar refractivity (Wildman–Crippen MR) is 71.5 cm³/mol. The first-order valence-corrected chi connectivity index (χ1v) is 7.20. The van der Waals surface area contributed by atoms with Gasteiger partial charge in [0.15, 0.2) is 0 Å². The molecule has 1 amide bonds. The minimum absolute atomic E-state index is 0.0492. The smallest absolute Gasteiger partial charge is 0.265 e. The van der Waals surface area contributed by atoms with E-state index < -0.39 is 0 Å². The molecule has 0 aliphatic carbocycles. The average molecular weight is 279 g/mol. The van der Waals surface area contributed by atoms with E-state index in [0.717, 1.165) is 30.9 Å². The van der Waals surface area contributed by atoms with E-state index in [2.05, 4.69) is 10.2 Å². The van der Waals surface area contributed by atoms with Gasteiger partial charge in [-0.25, -0.2) is 5.06 Å². The summed E-state index contributed by atoms with van der Waals surface area (Å²) in [6, 6.07) is -0.199. The second-order valence-electron chi connectivity index (χ2n) is 5.54. The fourth-order valence-corrected chi connectivity index (χ4v) is 2.81. The summed E-state index contributed by atoms with van der Waals surface area (Å²) in [5.41, 5.74) is 0. The first-order chi connectivity index (χ1) is 9.66. The molecule has 110 valence electrons. The highest BCUT2D eigenvalue weighted by molar-refractivity contribution is 5.81. The molecule has 20 heavy (non-hydrogen) atoms. The van der Waals surface area contributed by atoms with Crippen LogP contribution in [-0.2, 0) is 22.7 Å². The number of hydrogen-bond acceptors (Lipinski definition) is 5. The number of carbonyl (C=O) groups is 1. The lowest BCUT2D eigenvalue weighted by molar-refractivity contribution is -0.190. The van der Waals surface area contributed by atoms with Gasteiger partial charge in [-0.15, -0.1) is 10.2 Å². The van der Waals surface area contributed by atoms with Crippen LogP contribution in [0.15, 0.2) is 0 Å². The number of hydrogen-bond donors (Lipinski definition) is 0. The summed E-state index contributed by atoms with van der Waals surface area (Å²) >= 11 is 0. The minimum atomic E-state index is -0.199. The zero-order valence-electron chi connectivity index (χ0n) is 12.1. The Hall–Kier alpha value is -1.47. The maximum Gasteiger partial charge on any atom is 0.265 e. The van der Waals surface area contributed by atoms with Gasteiger partial charge in [0.2, 0.25) is 0 Å². The van der Waals surface area contributed by atoms with Crippen LogP contribution >= 0.6 is 0 Å². The molecule has 1 aromatic heterocycles. The number of nitrogens with zero attached hydrogens (tertiary/aromatic N) is 5. The Morgan fingerprint density at radius 3 is 3.00 bits per heavy atom. The molecule has 2 aliphatic heterocycles. The Kier molecular flexibility index (Phi) is 3.71. The summed E-state index contributed by atoms with van der Waals surface area (Å²) in [4.78, 5) is 20.3. The summed E-state index contributed by atoms with van der Waals surface area (Å²) < 4.78 is 2.03. The molecule has 1 saturated heterocycles. The van der Waals surface area contributed by atoms with Gasteiger partial charge in [-0.1, -0.05) is 0 Å². The van der Waals surface area contributed by atoms with Gasteiger partial charge in [0.05, 0.1) is 19.7 Å². The van der Waals surface area contributed by atoms with Crippen LogP contribution < -0.4 is 0 Å². The topological polar surface area (TPSA) is 63.5 Å². The SMILES string of the molecule is Cc1nnc2n1CC(C(=O)N1CCCCCO1)N(C)C2. The van der Waals surface area contributed by atoms with E-state index in [1.54, 1.807) is 5.06 Å². The molecule has 7 heteroatoms.